The van der Waals surface area contributed by atoms with E-state index >= 15 is 0 Å². The van der Waals surface area contributed by atoms with Crippen molar-refractivity contribution in [2.45, 2.75) is 64.5 Å². The number of nitriles is 1. The minimum Gasteiger partial charge on any atom is -0.463 e. The molecule has 0 aromatic heterocycles. The number of rotatable bonds is 13. The highest BCUT2D eigenvalue weighted by molar-refractivity contribution is 8.22. The van der Waals surface area contributed by atoms with Crippen molar-refractivity contribution >= 4 is 59.2 Å². The van der Waals surface area contributed by atoms with E-state index in [0.29, 0.717) is 5.56 Å². The van der Waals surface area contributed by atoms with Crippen LogP contribution in [0.25, 0.3) is 0 Å². The number of Topliss-reactive ketones (excluding diaryl/α,β-unsaturated/α-hetero) is 1. The lowest BCUT2D eigenvalue weighted by atomic mass is 9.99. The number of carbonyl (C=O) groups is 6. The molecule has 1 heterocycles. The third kappa shape index (κ3) is 11.0. The van der Waals surface area contributed by atoms with E-state index in [9.17, 15) is 34.0 Å². The molecular weight excluding hydrogens is 606 g/mol. The Kier molecular flexibility index (Phi) is 14.2. The monoisotopic (exact) mass is 637 g/mol. The van der Waals surface area contributed by atoms with E-state index in [1.165, 1.54) is 0 Å². The number of benzene rings is 1. The second kappa shape index (κ2) is 17.3. The summed E-state index contributed by atoms with van der Waals surface area (Å²) < 4.78 is 32.4. The molecule has 0 bridgehead atoms. The van der Waals surface area contributed by atoms with Gasteiger partial charge in [-0.2, -0.15) is 5.26 Å². The summed E-state index contributed by atoms with van der Waals surface area (Å²) in [4.78, 5) is 73.5. The summed E-state index contributed by atoms with van der Waals surface area (Å²) in [5.41, 5.74) is -1.39. The molecule has 1 fully saturated rings. The van der Waals surface area contributed by atoms with Gasteiger partial charge in [-0.05, 0) is 6.92 Å². The second-order valence-corrected chi connectivity index (χ2v) is 11.1. The lowest BCUT2D eigenvalue weighted by Crippen LogP contribution is -2.61. The van der Waals surface area contributed by atoms with Gasteiger partial charge in [-0.3, -0.25) is 24.0 Å². The van der Waals surface area contributed by atoms with E-state index < -0.39 is 71.9 Å². The first kappa shape index (κ1) is 35.3. The number of carbonyl (C=O) groups excluding carboxylic acids is 6. The fourth-order valence-electron chi connectivity index (χ4n) is 3.77. The molecular formula is C28H31NO12S2. The molecule has 0 unspecified atom stereocenters. The average Bonchev–Trinajstić information content (AvgIpc) is 2.93. The second-order valence-electron chi connectivity index (χ2n) is 8.76. The summed E-state index contributed by atoms with van der Waals surface area (Å²) in [6.45, 7) is 5.44. The van der Waals surface area contributed by atoms with Gasteiger partial charge >= 0.3 is 29.8 Å². The third-order valence-corrected chi connectivity index (χ3v) is 7.94. The molecule has 232 valence electrons. The van der Waals surface area contributed by atoms with Gasteiger partial charge in [-0.25, -0.2) is 4.79 Å². The number of esters is 5. The minimum absolute atomic E-state index is 0.0221. The van der Waals surface area contributed by atoms with Crippen molar-refractivity contribution in [3.63, 3.8) is 0 Å². The Morgan fingerprint density at radius 1 is 0.837 bits per heavy atom. The number of ketones is 1. The highest BCUT2D eigenvalue weighted by atomic mass is 32.2. The first-order chi connectivity index (χ1) is 20.4. The predicted molar refractivity (Wildman–Crippen MR) is 152 cm³/mol. The average molecular weight is 638 g/mol. The van der Waals surface area contributed by atoms with Crippen molar-refractivity contribution in [3.05, 3.63) is 45.7 Å². The van der Waals surface area contributed by atoms with Crippen LogP contribution in [0.1, 0.15) is 45.0 Å². The molecule has 0 amide bonds. The molecule has 0 aliphatic carbocycles. The van der Waals surface area contributed by atoms with Gasteiger partial charge in [0.2, 0.25) is 0 Å². The maximum absolute atomic E-state index is 12.9. The molecule has 1 aromatic carbocycles. The zero-order valence-electron chi connectivity index (χ0n) is 24.1. The maximum Gasteiger partial charge on any atom is 0.350 e. The normalized spacial score (nSPS) is 21.7. The quantitative estimate of drug-likeness (QED) is 0.101. The first-order valence-electron chi connectivity index (χ1n) is 12.9. The topological polar surface area (TPSA) is 182 Å². The van der Waals surface area contributed by atoms with E-state index in [2.05, 4.69) is 0 Å². The molecule has 1 aliphatic heterocycles. The molecule has 0 spiro atoms. The zero-order valence-corrected chi connectivity index (χ0v) is 25.7. The number of hydrogen-bond donors (Lipinski definition) is 0. The van der Waals surface area contributed by atoms with E-state index in [1.54, 1.807) is 43.3 Å². The lowest BCUT2D eigenvalue weighted by molar-refractivity contribution is -0.237. The van der Waals surface area contributed by atoms with Gasteiger partial charge in [-0.1, -0.05) is 42.1 Å². The van der Waals surface area contributed by atoms with E-state index in [-0.39, 0.29) is 22.4 Å². The smallest absolute Gasteiger partial charge is 0.350 e. The highest BCUT2D eigenvalue weighted by Crippen LogP contribution is 2.42. The van der Waals surface area contributed by atoms with Crippen LogP contribution in [0.4, 0.5) is 0 Å². The number of thioether (sulfide) groups is 2. The van der Waals surface area contributed by atoms with Crippen LogP contribution in [-0.4, -0.2) is 84.4 Å². The Hall–Kier alpha value is -3.87. The van der Waals surface area contributed by atoms with Gasteiger partial charge in [0, 0.05) is 33.3 Å². The Bertz CT molecular complexity index is 1280. The van der Waals surface area contributed by atoms with E-state index in [1.807, 2.05) is 0 Å². The van der Waals surface area contributed by atoms with Crippen LogP contribution >= 0.6 is 23.5 Å². The summed E-state index contributed by atoms with van der Waals surface area (Å²) in [6.07, 6.45) is -5.54. The van der Waals surface area contributed by atoms with Crippen LogP contribution in [0.5, 0.6) is 0 Å². The Morgan fingerprint density at radius 3 is 1.95 bits per heavy atom. The summed E-state index contributed by atoms with van der Waals surface area (Å²) in [5, 5.41) is 9.90. The van der Waals surface area contributed by atoms with Crippen LogP contribution in [0.2, 0.25) is 0 Å². The van der Waals surface area contributed by atoms with Gasteiger partial charge in [-0.15, -0.1) is 11.8 Å². The van der Waals surface area contributed by atoms with Crippen molar-refractivity contribution in [2.75, 3.05) is 19.0 Å². The van der Waals surface area contributed by atoms with Crippen LogP contribution in [-0.2, 0) is 52.4 Å². The van der Waals surface area contributed by atoms with Crippen molar-refractivity contribution in [1.29, 1.82) is 5.26 Å². The summed E-state index contributed by atoms with van der Waals surface area (Å²) in [5.74, 6) is -4.62. The van der Waals surface area contributed by atoms with Crippen LogP contribution < -0.4 is 0 Å². The van der Waals surface area contributed by atoms with Crippen LogP contribution in [0.15, 0.2) is 40.1 Å². The van der Waals surface area contributed by atoms with Crippen molar-refractivity contribution in [3.8, 4) is 6.07 Å². The number of hydrogen-bond acceptors (Lipinski definition) is 15. The van der Waals surface area contributed by atoms with Gasteiger partial charge in [0.15, 0.2) is 29.7 Å². The van der Waals surface area contributed by atoms with E-state index in [0.717, 1.165) is 51.2 Å². The van der Waals surface area contributed by atoms with Crippen LogP contribution in [0.3, 0.4) is 0 Å². The molecule has 2 rings (SSSR count). The largest absolute Gasteiger partial charge is 0.463 e. The lowest BCUT2D eigenvalue weighted by Gasteiger charge is -2.44. The molecule has 0 radical (unpaired) electrons. The van der Waals surface area contributed by atoms with E-state index in [4.69, 9.17) is 28.4 Å². The van der Waals surface area contributed by atoms with Crippen molar-refractivity contribution < 1.29 is 57.2 Å². The van der Waals surface area contributed by atoms with Gasteiger partial charge in [0.1, 0.15) is 24.2 Å². The molecule has 5 atom stereocenters. The third-order valence-electron chi connectivity index (χ3n) is 5.40. The Balaban J connectivity index is 2.60. The number of nitrogens with zero attached hydrogens (tertiary/aromatic N) is 1. The first-order valence-corrected chi connectivity index (χ1v) is 14.7. The zero-order chi connectivity index (χ0) is 32.1. The molecule has 1 aromatic rings. The van der Waals surface area contributed by atoms with Gasteiger partial charge < -0.3 is 28.4 Å². The highest BCUT2D eigenvalue weighted by Gasteiger charge is 2.53. The molecule has 1 aliphatic rings. The summed E-state index contributed by atoms with van der Waals surface area (Å²) in [6, 6.07) is 10.1. The number of ether oxygens (including phenoxy) is 6. The fourth-order valence-corrected chi connectivity index (χ4v) is 6.21. The van der Waals surface area contributed by atoms with Gasteiger partial charge in [0.25, 0.3) is 0 Å². The van der Waals surface area contributed by atoms with Crippen LogP contribution in [0, 0.1) is 11.3 Å². The molecule has 13 nitrogen and oxygen atoms in total. The SMILES string of the molecule is CCOC(=O)/C(C#N)=C(/SCC(=O)c1ccccc1)S[C@@H]1O[C@H](COC(C)=O)[C@@H](OC(C)=O)[C@H](OC(C)=O)[C@H]1OC(C)=O. The summed E-state index contributed by atoms with van der Waals surface area (Å²) >= 11 is 1.57. The fraction of sp³-hybridized carbons (Fsp3) is 0.464. The van der Waals surface area contributed by atoms with Crippen molar-refractivity contribution in [1.82, 2.24) is 0 Å². The van der Waals surface area contributed by atoms with Crippen molar-refractivity contribution in [2.24, 2.45) is 0 Å². The Morgan fingerprint density at radius 2 is 1.42 bits per heavy atom. The maximum atomic E-state index is 12.9. The van der Waals surface area contributed by atoms with Gasteiger partial charge in [0.05, 0.1) is 16.6 Å². The Labute approximate surface area is 256 Å². The summed E-state index contributed by atoms with van der Waals surface area (Å²) in [7, 11) is 0. The standard InChI is InChI=1S/C28H31NO12S2/c1-6-36-26(35)20(12-29)28(42-14-21(34)19-10-8-7-9-11-19)43-27-25(40-18(5)33)24(39-17(4)32)23(38-16(3)31)22(41-27)13-37-15(2)30/h7-11,22-25,27H,6,13-14H2,1-5H3/b28-20-/t22-,23-,24+,25-,27+/m1/s1. The minimum atomic E-state index is -1.46. The molecule has 0 saturated carbocycles. The molecule has 43 heavy (non-hydrogen) atoms. The molecule has 15 heteroatoms. The predicted octanol–water partition coefficient (Wildman–Crippen LogP) is 2.72. The molecule has 0 N–H and O–H groups in total. The molecule has 1 saturated heterocycles.